The molecule has 0 aliphatic carbocycles. The molecule has 0 radical (unpaired) electrons. The van der Waals surface area contributed by atoms with Crippen LogP contribution in [0.4, 0.5) is 0 Å². The Bertz CT molecular complexity index is 432. The first-order valence-electron chi connectivity index (χ1n) is 4.34. The minimum absolute atomic E-state index is 0.207. The van der Waals surface area contributed by atoms with E-state index in [1.165, 1.54) is 11.8 Å². The number of pyridine rings is 1. The number of rotatable bonds is 2. The molecule has 2 rings (SSSR count). The quantitative estimate of drug-likeness (QED) is 0.911. The lowest BCUT2D eigenvalue weighted by atomic mass is 10.4. The number of nitrogens with zero attached hydrogens (tertiary/aromatic N) is 1. The summed E-state index contributed by atoms with van der Waals surface area (Å²) < 4.78 is 1.00. The number of hydrogen-bond acceptors (Lipinski definition) is 3. The molecule has 1 aromatic heterocycles. The van der Waals surface area contributed by atoms with Crippen LogP contribution >= 0.6 is 27.7 Å². The fraction of sp³-hybridized carbons (Fsp3) is 0. The molecule has 76 valence electrons. The van der Waals surface area contributed by atoms with Gasteiger partial charge in [-0.15, -0.1) is 0 Å². The molecule has 0 saturated heterocycles. The summed E-state index contributed by atoms with van der Waals surface area (Å²) in [6, 6.07) is 11.2. The molecule has 1 aromatic carbocycles. The van der Waals surface area contributed by atoms with E-state index in [1.54, 1.807) is 18.3 Å². The molecule has 0 unspecified atom stereocenters. The van der Waals surface area contributed by atoms with E-state index in [4.69, 9.17) is 0 Å². The minimum Gasteiger partial charge on any atom is -0.505 e. The lowest BCUT2D eigenvalue weighted by Crippen LogP contribution is -1.80. The number of aromatic nitrogens is 1. The van der Waals surface area contributed by atoms with Crippen molar-refractivity contribution in [3.63, 3.8) is 0 Å². The Morgan fingerprint density at radius 1 is 1.13 bits per heavy atom. The second-order valence-corrected chi connectivity index (χ2v) is 4.75. The molecule has 1 N–H and O–H groups in total. The van der Waals surface area contributed by atoms with Crippen molar-refractivity contribution < 1.29 is 5.11 Å². The second kappa shape index (κ2) is 4.68. The maximum Gasteiger partial charge on any atom is 0.148 e. The summed E-state index contributed by atoms with van der Waals surface area (Å²) in [4.78, 5) is 5.14. The zero-order valence-electron chi connectivity index (χ0n) is 7.72. The van der Waals surface area contributed by atoms with E-state index in [0.29, 0.717) is 5.03 Å². The summed E-state index contributed by atoms with van der Waals surface area (Å²) in [6.45, 7) is 0. The van der Waals surface area contributed by atoms with E-state index >= 15 is 0 Å². The average Bonchev–Trinajstić information content (AvgIpc) is 2.24. The predicted octanol–water partition coefficient (Wildman–Crippen LogP) is 3.70. The van der Waals surface area contributed by atoms with E-state index in [-0.39, 0.29) is 5.75 Å². The molecule has 0 spiro atoms. The van der Waals surface area contributed by atoms with Crippen molar-refractivity contribution in [2.24, 2.45) is 0 Å². The molecular weight excluding hydrogens is 274 g/mol. The van der Waals surface area contributed by atoms with Crippen molar-refractivity contribution in [1.82, 2.24) is 4.98 Å². The van der Waals surface area contributed by atoms with Crippen molar-refractivity contribution in [1.29, 1.82) is 0 Å². The molecule has 0 amide bonds. The van der Waals surface area contributed by atoms with Gasteiger partial charge in [-0.3, -0.25) is 0 Å². The predicted molar refractivity (Wildman–Crippen MR) is 64.2 cm³/mol. The maximum absolute atomic E-state index is 9.56. The van der Waals surface area contributed by atoms with Crippen LogP contribution in [0.1, 0.15) is 0 Å². The van der Waals surface area contributed by atoms with Gasteiger partial charge < -0.3 is 5.11 Å². The van der Waals surface area contributed by atoms with Gasteiger partial charge in [-0.1, -0.05) is 23.9 Å². The Hall–Kier alpha value is -1.00. The molecule has 15 heavy (non-hydrogen) atoms. The summed E-state index contributed by atoms with van der Waals surface area (Å²) in [5, 5.41) is 10.2. The van der Waals surface area contributed by atoms with Crippen molar-refractivity contribution >= 4 is 27.7 Å². The normalized spacial score (nSPS) is 10.2. The fourth-order valence-electron chi connectivity index (χ4n) is 1.09. The zero-order chi connectivity index (χ0) is 10.7. The number of aromatic hydroxyl groups is 1. The first-order valence-corrected chi connectivity index (χ1v) is 5.94. The third-order valence-corrected chi connectivity index (χ3v) is 3.83. The Morgan fingerprint density at radius 3 is 2.67 bits per heavy atom. The molecular formula is C11H8BrNOS. The monoisotopic (exact) mass is 281 g/mol. The molecule has 0 atom stereocenters. The zero-order valence-corrected chi connectivity index (χ0v) is 10.1. The van der Waals surface area contributed by atoms with Gasteiger partial charge in [0.15, 0.2) is 0 Å². The summed E-state index contributed by atoms with van der Waals surface area (Å²) in [6.07, 6.45) is 1.67. The SMILES string of the molecule is Oc1cccnc1Sc1ccccc1Br. The van der Waals surface area contributed by atoms with Gasteiger partial charge in [0.05, 0.1) is 0 Å². The molecule has 0 saturated carbocycles. The minimum atomic E-state index is 0.207. The number of halogens is 1. The smallest absolute Gasteiger partial charge is 0.148 e. The number of hydrogen-bond donors (Lipinski definition) is 1. The van der Waals surface area contributed by atoms with Crippen LogP contribution in [0, 0.1) is 0 Å². The first-order chi connectivity index (χ1) is 7.27. The largest absolute Gasteiger partial charge is 0.505 e. The highest BCUT2D eigenvalue weighted by molar-refractivity contribution is 9.10. The molecule has 0 aliphatic heterocycles. The molecule has 0 fully saturated rings. The highest BCUT2D eigenvalue weighted by Gasteiger charge is 2.06. The maximum atomic E-state index is 9.56. The fourth-order valence-corrected chi connectivity index (χ4v) is 2.43. The lowest BCUT2D eigenvalue weighted by Gasteiger charge is -2.04. The van der Waals surface area contributed by atoms with Gasteiger partial charge in [0.25, 0.3) is 0 Å². The molecule has 1 heterocycles. The Morgan fingerprint density at radius 2 is 1.93 bits per heavy atom. The van der Waals surface area contributed by atoms with Gasteiger partial charge in [-0.2, -0.15) is 0 Å². The summed E-state index contributed by atoms with van der Waals surface area (Å²) in [5.41, 5.74) is 0. The van der Waals surface area contributed by atoms with Crippen LogP contribution in [-0.4, -0.2) is 10.1 Å². The standard InChI is InChI=1S/C11H8BrNOS/c12-8-4-1-2-6-10(8)15-11-9(14)5-3-7-13-11/h1-7,14H. The van der Waals surface area contributed by atoms with E-state index in [1.807, 2.05) is 24.3 Å². The van der Waals surface area contributed by atoms with Gasteiger partial charge in [-0.25, -0.2) is 4.98 Å². The summed E-state index contributed by atoms with van der Waals surface area (Å²) in [7, 11) is 0. The highest BCUT2D eigenvalue weighted by Crippen LogP contribution is 2.35. The summed E-state index contributed by atoms with van der Waals surface area (Å²) >= 11 is 4.88. The van der Waals surface area contributed by atoms with Gasteiger partial charge in [0.2, 0.25) is 0 Å². The van der Waals surface area contributed by atoms with Gasteiger partial charge >= 0.3 is 0 Å². The van der Waals surface area contributed by atoms with Crippen molar-refractivity contribution in [2.75, 3.05) is 0 Å². The van der Waals surface area contributed by atoms with Crippen LogP contribution in [0.15, 0.2) is 57.0 Å². The Kier molecular flexibility index (Phi) is 3.28. The van der Waals surface area contributed by atoms with Gasteiger partial charge in [-0.05, 0) is 40.2 Å². The Labute approximate surface area is 100 Å². The van der Waals surface area contributed by atoms with Crippen LogP contribution in [0.3, 0.4) is 0 Å². The molecule has 2 nitrogen and oxygen atoms in total. The van der Waals surface area contributed by atoms with E-state index in [0.717, 1.165) is 9.37 Å². The topological polar surface area (TPSA) is 33.1 Å². The highest BCUT2D eigenvalue weighted by atomic mass is 79.9. The first kappa shape index (κ1) is 10.5. The van der Waals surface area contributed by atoms with Crippen LogP contribution < -0.4 is 0 Å². The van der Waals surface area contributed by atoms with Gasteiger partial charge in [0, 0.05) is 15.6 Å². The number of benzene rings is 1. The van der Waals surface area contributed by atoms with Crippen LogP contribution in [0.5, 0.6) is 5.75 Å². The lowest BCUT2D eigenvalue weighted by molar-refractivity contribution is 0.457. The van der Waals surface area contributed by atoms with Crippen LogP contribution in [0.25, 0.3) is 0 Å². The van der Waals surface area contributed by atoms with Crippen molar-refractivity contribution in [3.8, 4) is 5.75 Å². The average molecular weight is 282 g/mol. The van der Waals surface area contributed by atoms with E-state index < -0.39 is 0 Å². The molecule has 2 aromatic rings. The molecule has 4 heteroatoms. The second-order valence-electron chi connectivity index (χ2n) is 2.86. The molecule has 0 aliphatic rings. The van der Waals surface area contributed by atoms with Gasteiger partial charge in [0.1, 0.15) is 10.8 Å². The third-order valence-electron chi connectivity index (χ3n) is 1.79. The van der Waals surface area contributed by atoms with Crippen molar-refractivity contribution in [3.05, 3.63) is 47.1 Å². The Balaban J connectivity index is 2.30. The van der Waals surface area contributed by atoms with Crippen LogP contribution in [-0.2, 0) is 0 Å². The van der Waals surface area contributed by atoms with Crippen LogP contribution in [0.2, 0.25) is 0 Å². The summed E-state index contributed by atoms with van der Waals surface area (Å²) in [5.74, 6) is 0.207. The van der Waals surface area contributed by atoms with E-state index in [9.17, 15) is 5.11 Å². The molecule has 0 bridgehead atoms. The van der Waals surface area contributed by atoms with Crippen molar-refractivity contribution in [2.45, 2.75) is 9.92 Å². The van der Waals surface area contributed by atoms with E-state index in [2.05, 4.69) is 20.9 Å². The third kappa shape index (κ3) is 2.52.